The summed E-state index contributed by atoms with van der Waals surface area (Å²) in [5.74, 6) is -0.293. The number of aromatic nitrogens is 3. The molecule has 30 heavy (non-hydrogen) atoms. The average molecular weight is 397 g/mol. The van der Waals surface area contributed by atoms with Gasteiger partial charge in [0.25, 0.3) is 5.56 Å². The van der Waals surface area contributed by atoms with Crippen LogP contribution in [0.1, 0.15) is 16.7 Å². The smallest absolute Gasteiger partial charge is 0.278 e. The van der Waals surface area contributed by atoms with E-state index in [0.717, 1.165) is 22.0 Å². The minimum Gasteiger partial charge on any atom is -0.330 e. The van der Waals surface area contributed by atoms with Crippen LogP contribution in [0.3, 0.4) is 0 Å². The van der Waals surface area contributed by atoms with Gasteiger partial charge in [0.1, 0.15) is 16.9 Å². The molecule has 0 atom stereocenters. The highest BCUT2D eigenvalue weighted by molar-refractivity contribution is 6.05. The van der Waals surface area contributed by atoms with E-state index in [1.54, 1.807) is 23.0 Å². The second-order valence-corrected chi connectivity index (χ2v) is 7.53. The highest BCUT2D eigenvalue weighted by Gasteiger charge is 2.17. The van der Waals surface area contributed by atoms with Crippen LogP contribution in [0.25, 0.3) is 21.9 Å². The van der Waals surface area contributed by atoms with Crippen molar-refractivity contribution in [1.82, 2.24) is 14.1 Å². The van der Waals surface area contributed by atoms with E-state index in [4.69, 9.17) is 0 Å². The number of para-hydroxylation sites is 1. The summed E-state index contributed by atoms with van der Waals surface area (Å²) < 4.78 is 16.9. The normalized spacial score (nSPS) is 11.4. The van der Waals surface area contributed by atoms with Crippen molar-refractivity contribution >= 4 is 21.9 Å². The van der Waals surface area contributed by atoms with Crippen LogP contribution < -0.4 is 5.56 Å². The van der Waals surface area contributed by atoms with Gasteiger partial charge in [-0.2, -0.15) is 0 Å². The molecule has 0 bridgehead atoms. The Labute approximate surface area is 172 Å². The molecule has 0 aliphatic carbocycles. The van der Waals surface area contributed by atoms with E-state index in [-0.39, 0.29) is 11.4 Å². The molecule has 5 heteroatoms. The standard InChI is InChI=1S/C25H20FN3O/c1-17-6-2-3-7-19(17)15-29-22-9-5-4-8-21(22)23-24(29)25(30)28(16-27-23)14-18-10-12-20(26)13-11-18/h2-13,16H,14-15H2,1H3. The Balaban J connectivity index is 1.71. The lowest BCUT2D eigenvalue weighted by Gasteiger charge is -2.11. The van der Waals surface area contributed by atoms with E-state index in [1.807, 2.05) is 36.4 Å². The fraction of sp³-hybridized carbons (Fsp3) is 0.120. The van der Waals surface area contributed by atoms with Gasteiger partial charge < -0.3 is 4.57 Å². The molecule has 148 valence electrons. The molecule has 0 spiro atoms. The zero-order chi connectivity index (χ0) is 20.7. The molecule has 0 saturated heterocycles. The minimum absolute atomic E-state index is 0.103. The second-order valence-electron chi connectivity index (χ2n) is 7.53. The van der Waals surface area contributed by atoms with Crippen molar-refractivity contribution in [3.63, 3.8) is 0 Å². The van der Waals surface area contributed by atoms with Gasteiger partial charge >= 0.3 is 0 Å². The third-order valence-corrected chi connectivity index (χ3v) is 5.59. The van der Waals surface area contributed by atoms with Gasteiger partial charge in [0, 0.05) is 11.9 Å². The van der Waals surface area contributed by atoms with Crippen molar-refractivity contribution in [3.05, 3.63) is 112 Å². The molecule has 0 radical (unpaired) electrons. The number of rotatable bonds is 4. The fourth-order valence-electron chi connectivity index (χ4n) is 3.97. The summed E-state index contributed by atoms with van der Waals surface area (Å²) in [4.78, 5) is 18.1. The van der Waals surface area contributed by atoms with Crippen LogP contribution >= 0.6 is 0 Å². The highest BCUT2D eigenvalue weighted by atomic mass is 19.1. The zero-order valence-corrected chi connectivity index (χ0v) is 16.5. The molecule has 0 amide bonds. The van der Waals surface area contributed by atoms with E-state index in [9.17, 15) is 9.18 Å². The first-order valence-electron chi connectivity index (χ1n) is 9.87. The van der Waals surface area contributed by atoms with Gasteiger partial charge in [-0.1, -0.05) is 54.6 Å². The number of aryl methyl sites for hydroxylation is 1. The average Bonchev–Trinajstić information content (AvgIpc) is 3.08. The predicted molar refractivity (Wildman–Crippen MR) is 117 cm³/mol. The van der Waals surface area contributed by atoms with E-state index < -0.39 is 0 Å². The second kappa shape index (κ2) is 7.26. The number of fused-ring (bicyclic) bond motifs is 3. The van der Waals surface area contributed by atoms with Gasteiger partial charge in [0.2, 0.25) is 0 Å². The molecular formula is C25H20FN3O. The Morgan fingerprint density at radius 1 is 0.900 bits per heavy atom. The SMILES string of the molecule is Cc1ccccc1Cn1c2ccccc2c2ncn(Cc3ccc(F)cc3)c(=O)c21. The lowest BCUT2D eigenvalue weighted by atomic mass is 10.1. The maximum Gasteiger partial charge on any atom is 0.278 e. The van der Waals surface area contributed by atoms with Crippen LogP contribution in [0.15, 0.2) is 83.9 Å². The van der Waals surface area contributed by atoms with Gasteiger partial charge in [0.05, 0.1) is 18.4 Å². The number of halogens is 1. The van der Waals surface area contributed by atoms with Gasteiger partial charge in [0.15, 0.2) is 0 Å². The summed E-state index contributed by atoms with van der Waals surface area (Å²) in [5.41, 5.74) is 5.37. The van der Waals surface area contributed by atoms with Crippen LogP contribution in [-0.4, -0.2) is 14.1 Å². The number of benzene rings is 3. The molecule has 2 heterocycles. The van der Waals surface area contributed by atoms with Crippen molar-refractivity contribution in [2.75, 3.05) is 0 Å². The highest BCUT2D eigenvalue weighted by Crippen LogP contribution is 2.26. The summed E-state index contributed by atoms with van der Waals surface area (Å²) in [7, 11) is 0. The molecule has 0 saturated carbocycles. The Morgan fingerprint density at radius 2 is 1.63 bits per heavy atom. The minimum atomic E-state index is -0.293. The maximum atomic E-state index is 13.5. The molecule has 2 aromatic heterocycles. The number of nitrogens with zero attached hydrogens (tertiary/aromatic N) is 3. The molecule has 0 unspecified atom stereocenters. The lowest BCUT2D eigenvalue weighted by molar-refractivity contribution is 0.626. The molecular weight excluding hydrogens is 377 g/mol. The quantitative estimate of drug-likeness (QED) is 0.433. The molecule has 0 aliphatic heterocycles. The molecule has 4 nitrogen and oxygen atoms in total. The Morgan fingerprint density at radius 3 is 2.43 bits per heavy atom. The topological polar surface area (TPSA) is 39.8 Å². The summed E-state index contributed by atoms with van der Waals surface area (Å²) in [6.45, 7) is 3.01. The summed E-state index contributed by atoms with van der Waals surface area (Å²) in [6, 6.07) is 22.4. The summed E-state index contributed by atoms with van der Waals surface area (Å²) in [6.07, 6.45) is 1.58. The first-order chi connectivity index (χ1) is 14.6. The lowest BCUT2D eigenvalue weighted by Crippen LogP contribution is -2.23. The summed E-state index contributed by atoms with van der Waals surface area (Å²) >= 11 is 0. The van der Waals surface area contributed by atoms with E-state index >= 15 is 0 Å². The Kier molecular flexibility index (Phi) is 4.43. The van der Waals surface area contributed by atoms with Crippen molar-refractivity contribution in [2.45, 2.75) is 20.0 Å². The van der Waals surface area contributed by atoms with Crippen LogP contribution in [0, 0.1) is 12.7 Å². The van der Waals surface area contributed by atoms with Crippen LogP contribution in [-0.2, 0) is 13.1 Å². The molecule has 3 aromatic carbocycles. The third kappa shape index (κ3) is 3.08. The predicted octanol–water partition coefficient (Wildman–Crippen LogP) is 4.90. The molecule has 0 aliphatic rings. The van der Waals surface area contributed by atoms with Crippen molar-refractivity contribution < 1.29 is 4.39 Å². The fourth-order valence-corrected chi connectivity index (χ4v) is 3.97. The Bertz CT molecular complexity index is 1430. The van der Waals surface area contributed by atoms with Crippen molar-refractivity contribution in [3.8, 4) is 0 Å². The van der Waals surface area contributed by atoms with E-state index in [1.165, 1.54) is 17.7 Å². The largest absolute Gasteiger partial charge is 0.330 e. The monoisotopic (exact) mass is 397 g/mol. The third-order valence-electron chi connectivity index (χ3n) is 5.59. The van der Waals surface area contributed by atoms with Gasteiger partial charge in [-0.05, 0) is 41.8 Å². The maximum absolute atomic E-state index is 13.5. The molecule has 5 aromatic rings. The van der Waals surface area contributed by atoms with Crippen molar-refractivity contribution in [2.24, 2.45) is 0 Å². The molecule has 0 fully saturated rings. The van der Waals surface area contributed by atoms with Crippen LogP contribution in [0.4, 0.5) is 4.39 Å². The first kappa shape index (κ1) is 18.3. The van der Waals surface area contributed by atoms with Crippen LogP contribution in [0.2, 0.25) is 0 Å². The first-order valence-corrected chi connectivity index (χ1v) is 9.87. The van der Waals surface area contributed by atoms with Crippen LogP contribution in [0.5, 0.6) is 0 Å². The van der Waals surface area contributed by atoms with Gasteiger partial charge in [-0.3, -0.25) is 9.36 Å². The summed E-state index contributed by atoms with van der Waals surface area (Å²) in [5, 5.41) is 0.965. The molecule has 0 N–H and O–H groups in total. The number of hydrogen-bond acceptors (Lipinski definition) is 2. The van der Waals surface area contributed by atoms with Gasteiger partial charge in [-0.25, -0.2) is 9.37 Å². The Hall–Kier alpha value is -3.73. The number of hydrogen-bond donors (Lipinski definition) is 0. The van der Waals surface area contributed by atoms with E-state index in [2.05, 4.69) is 28.6 Å². The zero-order valence-electron chi connectivity index (χ0n) is 16.5. The van der Waals surface area contributed by atoms with E-state index in [0.29, 0.717) is 24.1 Å². The van der Waals surface area contributed by atoms with Crippen molar-refractivity contribution in [1.29, 1.82) is 0 Å². The molecule has 5 rings (SSSR count). The van der Waals surface area contributed by atoms with Gasteiger partial charge in [-0.15, -0.1) is 0 Å².